The maximum atomic E-state index is 11.4. The van der Waals surface area contributed by atoms with E-state index in [1.54, 1.807) is 6.92 Å². The van der Waals surface area contributed by atoms with Gasteiger partial charge in [-0.2, -0.15) is 0 Å². The van der Waals surface area contributed by atoms with Crippen molar-refractivity contribution >= 4 is 11.8 Å². The maximum Gasteiger partial charge on any atom is 0.321 e. The summed E-state index contributed by atoms with van der Waals surface area (Å²) in [4.78, 5) is 22.5. The minimum Gasteiger partial charge on any atom is -0.480 e. The lowest BCUT2D eigenvalue weighted by Crippen LogP contribution is -2.44. The fourth-order valence-corrected chi connectivity index (χ4v) is 1.92. The normalized spacial score (nSPS) is 14.2. The predicted molar refractivity (Wildman–Crippen MR) is 72.7 cm³/mol. The van der Waals surface area contributed by atoms with Crippen LogP contribution in [0.25, 0.3) is 0 Å². The summed E-state index contributed by atoms with van der Waals surface area (Å²) in [6, 6.07) is -0.536. The molecule has 0 aliphatic rings. The van der Waals surface area contributed by atoms with Crippen molar-refractivity contribution in [2.24, 2.45) is 0 Å². The van der Waals surface area contributed by atoms with Crippen LogP contribution in [0.2, 0.25) is 0 Å². The summed E-state index contributed by atoms with van der Waals surface area (Å²) in [5.41, 5.74) is 0. The summed E-state index contributed by atoms with van der Waals surface area (Å²) in [6.45, 7) is 5.96. The summed E-state index contributed by atoms with van der Waals surface area (Å²) in [5.74, 6) is -0.927. The average molecular weight is 257 g/mol. The molecule has 0 aromatic carbocycles. The van der Waals surface area contributed by atoms with E-state index in [2.05, 4.69) is 12.2 Å². The molecule has 0 aliphatic heterocycles. The number of carbonyl (C=O) groups excluding carboxylic acids is 1. The minimum absolute atomic E-state index is 0.00156. The summed E-state index contributed by atoms with van der Waals surface area (Å²) in [5, 5.41) is 12.2. The lowest BCUT2D eigenvalue weighted by Gasteiger charge is -2.21. The molecule has 2 unspecified atom stereocenters. The second-order valence-corrected chi connectivity index (χ2v) is 4.75. The molecule has 2 N–H and O–H groups in total. The number of Topliss-reactive ketones (excluding diaryl/α,β-unsaturated/α-hetero) is 1. The van der Waals surface area contributed by atoms with E-state index in [0.29, 0.717) is 6.42 Å². The highest BCUT2D eigenvalue weighted by molar-refractivity contribution is 5.85. The van der Waals surface area contributed by atoms with E-state index in [4.69, 9.17) is 5.11 Å². The first-order valence-electron chi connectivity index (χ1n) is 7.05. The Hall–Kier alpha value is -0.900. The Morgan fingerprint density at radius 1 is 1.17 bits per heavy atom. The number of rotatable bonds is 11. The van der Waals surface area contributed by atoms with Crippen molar-refractivity contribution in [1.29, 1.82) is 0 Å². The number of carbonyl (C=O) groups is 2. The van der Waals surface area contributed by atoms with Crippen LogP contribution in [0.5, 0.6) is 0 Å². The van der Waals surface area contributed by atoms with Gasteiger partial charge in [0.1, 0.15) is 11.8 Å². The fourth-order valence-electron chi connectivity index (χ4n) is 1.92. The Morgan fingerprint density at radius 3 is 2.28 bits per heavy atom. The third kappa shape index (κ3) is 7.43. The molecule has 0 radical (unpaired) electrons. The molecule has 0 aliphatic carbocycles. The van der Waals surface area contributed by atoms with Gasteiger partial charge in [-0.15, -0.1) is 0 Å². The molecule has 2 atom stereocenters. The van der Waals surface area contributed by atoms with Crippen molar-refractivity contribution in [3.63, 3.8) is 0 Å². The zero-order chi connectivity index (χ0) is 14.0. The van der Waals surface area contributed by atoms with Gasteiger partial charge < -0.3 is 10.4 Å². The van der Waals surface area contributed by atoms with Gasteiger partial charge in [-0.05, 0) is 12.8 Å². The predicted octanol–water partition coefficient (Wildman–Crippen LogP) is 2.76. The molecule has 0 saturated carbocycles. The molecule has 0 fully saturated rings. The van der Waals surface area contributed by atoms with Crippen LogP contribution in [0.1, 0.15) is 65.7 Å². The molecule has 4 heteroatoms. The zero-order valence-electron chi connectivity index (χ0n) is 11.9. The Morgan fingerprint density at radius 2 is 1.83 bits per heavy atom. The third-order valence-electron chi connectivity index (χ3n) is 3.21. The van der Waals surface area contributed by atoms with E-state index in [1.165, 1.54) is 6.42 Å². The molecule has 0 aromatic heterocycles. The van der Waals surface area contributed by atoms with E-state index in [1.807, 2.05) is 6.92 Å². The van der Waals surface area contributed by atoms with Gasteiger partial charge in [-0.3, -0.25) is 9.59 Å². The lowest BCUT2D eigenvalue weighted by atomic mass is 10.0. The fraction of sp³-hybridized carbons (Fsp3) is 0.857. The average Bonchev–Trinajstić information content (AvgIpc) is 2.35. The van der Waals surface area contributed by atoms with Crippen LogP contribution in [0, 0.1) is 0 Å². The largest absolute Gasteiger partial charge is 0.480 e. The molecule has 0 bridgehead atoms. The van der Waals surface area contributed by atoms with Gasteiger partial charge in [0, 0.05) is 18.9 Å². The minimum atomic E-state index is -0.925. The van der Waals surface area contributed by atoms with Crippen molar-refractivity contribution in [1.82, 2.24) is 5.32 Å². The first-order valence-corrected chi connectivity index (χ1v) is 7.05. The molecular formula is C14H27NO3. The van der Waals surface area contributed by atoms with E-state index in [0.717, 1.165) is 25.7 Å². The lowest BCUT2D eigenvalue weighted by molar-refractivity contribution is -0.141. The van der Waals surface area contributed by atoms with E-state index < -0.39 is 12.0 Å². The monoisotopic (exact) mass is 257 g/mol. The number of hydrogen-bond acceptors (Lipinski definition) is 3. The van der Waals surface area contributed by atoms with E-state index in [-0.39, 0.29) is 18.2 Å². The quantitative estimate of drug-likeness (QED) is 0.559. The molecule has 0 rings (SSSR count). The number of ketones is 1. The molecule has 0 amide bonds. The number of unbranched alkanes of at least 4 members (excludes halogenated alkanes) is 2. The Labute approximate surface area is 110 Å². The number of carboxylic acid groups (broad SMARTS) is 1. The van der Waals surface area contributed by atoms with Crippen molar-refractivity contribution in [2.75, 3.05) is 0 Å². The standard InChI is InChI=1S/C14H27NO3/c1-4-7-8-9-11(5-2)15-13(14(17)18)10-12(16)6-3/h11,13,15H,4-10H2,1-3H3,(H,17,18). The van der Waals surface area contributed by atoms with Gasteiger partial charge in [0.25, 0.3) is 0 Å². The highest BCUT2D eigenvalue weighted by atomic mass is 16.4. The molecule has 0 heterocycles. The van der Waals surface area contributed by atoms with Crippen molar-refractivity contribution in [2.45, 2.75) is 77.8 Å². The van der Waals surface area contributed by atoms with Crippen LogP contribution in [0.3, 0.4) is 0 Å². The SMILES string of the molecule is CCCCCC(CC)NC(CC(=O)CC)C(=O)O. The Kier molecular flexibility index (Phi) is 9.56. The topological polar surface area (TPSA) is 66.4 Å². The molecule has 0 spiro atoms. The van der Waals surface area contributed by atoms with Gasteiger partial charge in [0.15, 0.2) is 0 Å². The molecule has 4 nitrogen and oxygen atoms in total. The molecule has 106 valence electrons. The summed E-state index contributed by atoms with van der Waals surface area (Å²) in [6.07, 6.45) is 5.81. The summed E-state index contributed by atoms with van der Waals surface area (Å²) in [7, 11) is 0. The first-order chi connectivity index (χ1) is 8.54. The van der Waals surface area contributed by atoms with Crippen molar-refractivity contribution in [3.05, 3.63) is 0 Å². The second kappa shape index (κ2) is 10.1. The number of hydrogen-bond donors (Lipinski definition) is 2. The van der Waals surface area contributed by atoms with Gasteiger partial charge in [0.05, 0.1) is 0 Å². The van der Waals surface area contributed by atoms with Crippen molar-refractivity contribution < 1.29 is 14.7 Å². The van der Waals surface area contributed by atoms with Crippen LogP contribution >= 0.6 is 0 Å². The van der Waals surface area contributed by atoms with Gasteiger partial charge >= 0.3 is 5.97 Å². The Bertz CT molecular complexity index is 253. The van der Waals surface area contributed by atoms with Crippen molar-refractivity contribution in [3.8, 4) is 0 Å². The zero-order valence-corrected chi connectivity index (χ0v) is 11.9. The third-order valence-corrected chi connectivity index (χ3v) is 3.21. The second-order valence-electron chi connectivity index (χ2n) is 4.75. The first kappa shape index (κ1) is 17.1. The number of nitrogens with one attached hydrogen (secondary N) is 1. The van der Waals surface area contributed by atoms with E-state index in [9.17, 15) is 9.59 Å². The number of aliphatic carboxylic acids is 1. The van der Waals surface area contributed by atoms with Crippen LogP contribution in [-0.2, 0) is 9.59 Å². The van der Waals surface area contributed by atoms with Gasteiger partial charge in [0.2, 0.25) is 0 Å². The van der Waals surface area contributed by atoms with Gasteiger partial charge in [-0.1, -0.05) is 40.0 Å². The number of carboxylic acids is 1. The molecule has 0 saturated heterocycles. The van der Waals surface area contributed by atoms with Crippen LogP contribution in [-0.4, -0.2) is 28.9 Å². The molecule has 18 heavy (non-hydrogen) atoms. The smallest absolute Gasteiger partial charge is 0.321 e. The van der Waals surface area contributed by atoms with Crippen LogP contribution < -0.4 is 5.32 Å². The van der Waals surface area contributed by atoms with Crippen LogP contribution in [0.15, 0.2) is 0 Å². The van der Waals surface area contributed by atoms with E-state index >= 15 is 0 Å². The summed E-state index contributed by atoms with van der Waals surface area (Å²) >= 11 is 0. The Balaban J connectivity index is 4.25. The summed E-state index contributed by atoms with van der Waals surface area (Å²) < 4.78 is 0. The highest BCUT2D eigenvalue weighted by Gasteiger charge is 2.22. The maximum absolute atomic E-state index is 11.4. The van der Waals surface area contributed by atoms with Crippen LogP contribution in [0.4, 0.5) is 0 Å². The molecular weight excluding hydrogens is 230 g/mol. The van der Waals surface area contributed by atoms with Gasteiger partial charge in [-0.25, -0.2) is 0 Å². The highest BCUT2D eigenvalue weighted by Crippen LogP contribution is 2.09. The molecule has 0 aromatic rings.